The van der Waals surface area contributed by atoms with Crippen LogP contribution in [0.1, 0.15) is 32.1 Å². The van der Waals surface area contributed by atoms with Crippen LogP contribution in [0.15, 0.2) is 11.9 Å². The van der Waals surface area contributed by atoms with Gasteiger partial charge in [0.25, 0.3) is 0 Å². The molecule has 1 heterocycles. The van der Waals surface area contributed by atoms with Crippen molar-refractivity contribution in [3.05, 3.63) is 11.9 Å². The minimum Gasteiger partial charge on any atom is -0.367 e. The molecule has 0 aromatic rings. The van der Waals surface area contributed by atoms with Crippen LogP contribution in [-0.2, 0) is 4.79 Å². The van der Waals surface area contributed by atoms with Crippen molar-refractivity contribution >= 4 is 5.94 Å². The Bertz CT molecular complexity index is 261. The van der Waals surface area contributed by atoms with Crippen LogP contribution >= 0.6 is 0 Å². The molecule has 2 nitrogen and oxygen atoms in total. The first kappa shape index (κ1) is 8.62. The molecule has 1 saturated carbocycles. The molecule has 1 aliphatic carbocycles. The Hall–Kier alpha value is -0.970. The van der Waals surface area contributed by atoms with Crippen LogP contribution in [0.25, 0.3) is 0 Å². The van der Waals surface area contributed by atoms with Gasteiger partial charge in [-0.3, -0.25) is 0 Å². The van der Waals surface area contributed by atoms with Crippen LogP contribution in [-0.4, -0.2) is 23.4 Å². The SMILES string of the molecule is O=C=C=CN1CCC2CCCCC21. The van der Waals surface area contributed by atoms with E-state index in [0.717, 1.165) is 12.5 Å². The van der Waals surface area contributed by atoms with Crippen molar-refractivity contribution in [1.82, 2.24) is 4.90 Å². The third-order valence-electron chi connectivity index (χ3n) is 3.34. The zero-order chi connectivity index (χ0) is 9.10. The molecule has 2 heteroatoms. The molecule has 0 aromatic carbocycles. The van der Waals surface area contributed by atoms with Crippen molar-refractivity contribution in [2.45, 2.75) is 38.1 Å². The van der Waals surface area contributed by atoms with Crippen molar-refractivity contribution in [3.8, 4) is 0 Å². The lowest BCUT2D eigenvalue weighted by Crippen LogP contribution is -2.30. The normalized spacial score (nSPS) is 31.8. The first-order valence-corrected chi connectivity index (χ1v) is 5.13. The summed E-state index contributed by atoms with van der Waals surface area (Å²) in [7, 11) is 0. The highest BCUT2D eigenvalue weighted by Gasteiger charge is 2.33. The van der Waals surface area contributed by atoms with Gasteiger partial charge in [-0.1, -0.05) is 12.8 Å². The summed E-state index contributed by atoms with van der Waals surface area (Å²) >= 11 is 0. The van der Waals surface area contributed by atoms with E-state index in [1.807, 2.05) is 0 Å². The molecule has 13 heavy (non-hydrogen) atoms. The van der Waals surface area contributed by atoms with Gasteiger partial charge in [-0.2, -0.15) is 0 Å². The predicted octanol–water partition coefficient (Wildman–Crippen LogP) is 1.75. The Labute approximate surface area is 78.9 Å². The van der Waals surface area contributed by atoms with Gasteiger partial charge < -0.3 is 4.90 Å². The van der Waals surface area contributed by atoms with E-state index < -0.39 is 0 Å². The van der Waals surface area contributed by atoms with Crippen LogP contribution in [0.2, 0.25) is 0 Å². The summed E-state index contributed by atoms with van der Waals surface area (Å²) in [5, 5.41) is 0. The lowest BCUT2D eigenvalue weighted by atomic mass is 9.85. The molecule has 0 N–H and O–H groups in total. The van der Waals surface area contributed by atoms with Crippen molar-refractivity contribution in [2.75, 3.05) is 6.54 Å². The van der Waals surface area contributed by atoms with Crippen molar-refractivity contribution in [1.29, 1.82) is 0 Å². The third-order valence-corrected chi connectivity index (χ3v) is 3.34. The number of hydrogen-bond donors (Lipinski definition) is 0. The molecule has 70 valence electrons. The van der Waals surface area contributed by atoms with E-state index in [0.29, 0.717) is 6.04 Å². The van der Waals surface area contributed by atoms with Gasteiger partial charge >= 0.3 is 0 Å². The highest BCUT2D eigenvalue weighted by atomic mass is 16.1. The fraction of sp³-hybridized carbons (Fsp3) is 0.727. The molecule has 0 bridgehead atoms. The van der Waals surface area contributed by atoms with Gasteiger partial charge in [0.05, 0.1) is 6.20 Å². The Morgan fingerprint density at radius 3 is 2.92 bits per heavy atom. The van der Waals surface area contributed by atoms with Crippen molar-refractivity contribution in [3.63, 3.8) is 0 Å². The monoisotopic (exact) mass is 177 g/mol. The van der Waals surface area contributed by atoms with E-state index in [-0.39, 0.29) is 0 Å². The van der Waals surface area contributed by atoms with Crippen LogP contribution in [0.3, 0.4) is 0 Å². The maximum Gasteiger partial charge on any atom is 0.178 e. The second-order valence-electron chi connectivity index (χ2n) is 4.01. The second kappa shape index (κ2) is 3.83. The summed E-state index contributed by atoms with van der Waals surface area (Å²) in [4.78, 5) is 12.3. The molecule has 2 fully saturated rings. The summed E-state index contributed by atoms with van der Waals surface area (Å²) in [6.45, 7) is 1.10. The van der Waals surface area contributed by atoms with Gasteiger partial charge in [0.2, 0.25) is 0 Å². The van der Waals surface area contributed by atoms with E-state index in [1.54, 1.807) is 12.1 Å². The van der Waals surface area contributed by atoms with Crippen LogP contribution < -0.4 is 0 Å². The molecule has 0 aromatic heterocycles. The summed E-state index contributed by atoms with van der Waals surface area (Å²) in [5.41, 5.74) is 2.52. The highest BCUT2D eigenvalue weighted by Crippen LogP contribution is 2.35. The van der Waals surface area contributed by atoms with Crippen LogP contribution in [0.5, 0.6) is 0 Å². The van der Waals surface area contributed by atoms with E-state index >= 15 is 0 Å². The molecule has 2 atom stereocenters. The number of rotatable bonds is 1. The Morgan fingerprint density at radius 1 is 1.23 bits per heavy atom. The molecule has 0 radical (unpaired) electrons. The van der Waals surface area contributed by atoms with Gasteiger partial charge in [-0.05, 0) is 30.9 Å². The maximum atomic E-state index is 10.0. The zero-order valence-electron chi connectivity index (χ0n) is 7.83. The van der Waals surface area contributed by atoms with E-state index in [9.17, 15) is 4.79 Å². The lowest BCUT2D eigenvalue weighted by Gasteiger charge is -2.30. The Kier molecular flexibility index (Phi) is 2.54. The summed E-state index contributed by atoms with van der Waals surface area (Å²) in [5.74, 6) is 2.57. The van der Waals surface area contributed by atoms with Crippen molar-refractivity contribution in [2.24, 2.45) is 5.92 Å². The molecular formula is C11H15NO. The minimum absolute atomic E-state index is 0.689. The summed E-state index contributed by atoms with van der Waals surface area (Å²) in [6, 6.07) is 0.689. The second-order valence-corrected chi connectivity index (χ2v) is 4.01. The number of likely N-dealkylation sites (tertiary alicyclic amines) is 1. The molecule has 2 rings (SSSR count). The third kappa shape index (κ3) is 1.70. The largest absolute Gasteiger partial charge is 0.367 e. The van der Waals surface area contributed by atoms with Gasteiger partial charge in [0, 0.05) is 12.6 Å². The van der Waals surface area contributed by atoms with Gasteiger partial charge in [0.1, 0.15) is 0 Å². The maximum absolute atomic E-state index is 10.0. The number of carbonyl (C=O) groups excluding carboxylic acids is 1. The molecule has 2 aliphatic rings. The molecule has 1 saturated heterocycles. The average molecular weight is 177 g/mol. The van der Waals surface area contributed by atoms with E-state index in [2.05, 4.69) is 10.6 Å². The Morgan fingerprint density at radius 2 is 2.08 bits per heavy atom. The summed E-state index contributed by atoms with van der Waals surface area (Å²) < 4.78 is 0. The van der Waals surface area contributed by atoms with Gasteiger partial charge in [-0.15, -0.1) is 0 Å². The van der Waals surface area contributed by atoms with Crippen LogP contribution in [0, 0.1) is 5.92 Å². The average Bonchev–Trinajstić information content (AvgIpc) is 2.58. The van der Waals surface area contributed by atoms with Gasteiger partial charge in [-0.25, -0.2) is 4.79 Å². The fourth-order valence-electron chi connectivity index (χ4n) is 2.71. The smallest absolute Gasteiger partial charge is 0.178 e. The molecule has 2 unspecified atom stereocenters. The first-order valence-electron chi connectivity index (χ1n) is 5.13. The Balaban J connectivity index is 2.06. The predicted molar refractivity (Wildman–Crippen MR) is 50.8 cm³/mol. The van der Waals surface area contributed by atoms with Crippen LogP contribution in [0.4, 0.5) is 0 Å². The quantitative estimate of drug-likeness (QED) is 0.449. The molecule has 0 amide bonds. The fourth-order valence-corrected chi connectivity index (χ4v) is 2.71. The molecule has 1 aliphatic heterocycles. The number of fused-ring (bicyclic) bond motifs is 1. The topological polar surface area (TPSA) is 20.3 Å². The summed E-state index contributed by atoms with van der Waals surface area (Å²) in [6.07, 6.45) is 8.49. The zero-order valence-corrected chi connectivity index (χ0v) is 7.83. The number of hydrogen-bond acceptors (Lipinski definition) is 2. The van der Waals surface area contributed by atoms with Gasteiger partial charge in [0.15, 0.2) is 5.94 Å². The minimum atomic E-state index is 0.689. The first-order chi connectivity index (χ1) is 6.42. The lowest BCUT2D eigenvalue weighted by molar-refractivity contribution is 0.235. The molecular weight excluding hydrogens is 162 g/mol. The van der Waals surface area contributed by atoms with E-state index in [1.165, 1.54) is 32.1 Å². The number of nitrogens with zero attached hydrogens (tertiary/aromatic N) is 1. The standard InChI is InChI=1S/C11H15NO/c13-9-3-7-12-8-6-10-4-1-2-5-11(10)12/h7,10-11H,1-2,4-6,8H2. The molecule has 0 spiro atoms. The highest BCUT2D eigenvalue weighted by molar-refractivity contribution is 5.43. The van der Waals surface area contributed by atoms with E-state index in [4.69, 9.17) is 0 Å². The van der Waals surface area contributed by atoms with Crippen molar-refractivity contribution < 1.29 is 4.79 Å².